The zero-order valence-corrected chi connectivity index (χ0v) is 26.2. The van der Waals surface area contributed by atoms with Crippen molar-refractivity contribution in [1.29, 1.82) is 0 Å². The Morgan fingerprint density at radius 2 is 0.875 bits per heavy atom. The summed E-state index contributed by atoms with van der Waals surface area (Å²) in [5, 5.41) is 28.6. The van der Waals surface area contributed by atoms with Crippen molar-refractivity contribution in [1.82, 2.24) is 0 Å². The Morgan fingerprint density at radius 3 is 1.29 bits per heavy atom. The topological polar surface area (TPSA) is 191 Å². The zero-order valence-electron chi connectivity index (χ0n) is 26.2. The predicted molar refractivity (Wildman–Crippen MR) is 177 cm³/mol. The van der Waals surface area contributed by atoms with E-state index in [2.05, 4.69) is 39.5 Å². The Balaban J connectivity index is 0.000000480. The van der Waals surface area contributed by atoms with Gasteiger partial charge in [0.05, 0.1) is 33.4 Å². The lowest BCUT2D eigenvalue weighted by atomic mass is 9.82. The highest BCUT2D eigenvalue weighted by Crippen LogP contribution is 2.31. The fourth-order valence-corrected chi connectivity index (χ4v) is 4.39. The number of carbonyl (C=O) groups is 6. The zero-order chi connectivity index (χ0) is 36.4. The second-order valence-electron chi connectivity index (χ2n) is 9.38. The van der Waals surface area contributed by atoms with Gasteiger partial charge in [-0.25, -0.2) is 28.8 Å². The van der Waals surface area contributed by atoms with Gasteiger partial charge in [-0.05, 0) is 54.2 Å². The van der Waals surface area contributed by atoms with Crippen LogP contribution in [0.5, 0.6) is 0 Å². The van der Waals surface area contributed by atoms with E-state index in [1.807, 2.05) is 0 Å². The molecule has 0 saturated heterocycles. The summed E-state index contributed by atoms with van der Waals surface area (Å²) in [5.41, 5.74) is -0.892. The first-order valence-electron chi connectivity index (χ1n) is 14.1. The molecule has 2 aromatic carbocycles. The summed E-state index contributed by atoms with van der Waals surface area (Å²) in [6.45, 7) is 20.9. The molecule has 2 aromatic rings. The van der Waals surface area contributed by atoms with Gasteiger partial charge in [-0.1, -0.05) is 56.2 Å². The minimum absolute atomic E-state index is 0.0108. The fraction of sp³-hybridized carbons (Fsp3) is 0.167. The lowest BCUT2D eigenvalue weighted by molar-refractivity contribution is 0.0500. The van der Waals surface area contributed by atoms with Crippen LogP contribution in [0, 0.1) is 0 Å². The molecule has 0 atom stereocenters. The second kappa shape index (κ2) is 20.0. The molecule has 0 aliphatic rings. The average molecular weight is 661 g/mol. The number of aromatic carboxylic acids is 3. The normalized spacial score (nSPS) is 9.75. The van der Waals surface area contributed by atoms with E-state index in [0.29, 0.717) is 0 Å². The van der Waals surface area contributed by atoms with Crippen LogP contribution in [-0.2, 0) is 33.5 Å². The van der Waals surface area contributed by atoms with Crippen LogP contribution in [0.25, 0.3) is 0 Å². The Labute approximate surface area is 277 Å². The van der Waals surface area contributed by atoms with E-state index in [4.69, 9.17) is 14.2 Å². The van der Waals surface area contributed by atoms with Crippen LogP contribution in [0.2, 0.25) is 0 Å². The Bertz CT molecular complexity index is 1640. The van der Waals surface area contributed by atoms with E-state index in [0.717, 1.165) is 0 Å². The SMILES string of the molecule is C=CCOC(=O)c1ccc(C(=O)OCC=C)c(C(=O)OCC=C)c1.C=CCc1c(CC=C)c(C(=O)O)c(C(=O)O)c(CC=C)c1C(=O)O. The molecular formula is C36H36O12. The summed E-state index contributed by atoms with van der Waals surface area (Å²) in [7, 11) is 0. The summed E-state index contributed by atoms with van der Waals surface area (Å²) in [4.78, 5) is 71.2. The van der Waals surface area contributed by atoms with Gasteiger partial charge in [0, 0.05) is 0 Å². The van der Waals surface area contributed by atoms with Crippen molar-refractivity contribution in [3.8, 4) is 0 Å². The van der Waals surface area contributed by atoms with Gasteiger partial charge in [-0.3, -0.25) is 0 Å². The number of carbonyl (C=O) groups excluding carboxylic acids is 3. The lowest BCUT2D eigenvalue weighted by Gasteiger charge is -2.20. The van der Waals surface area contributed by atoms with Gasteiger partial charge in [-0.2, -0.15) is 0 Å². The molecule has 0 aliphatic heterocycles. The number of rotatable bonds is 18. The maximum atomic E-state index is 12.1. The summed E-state index contributed by atoms with van der Waals surface area (Å²) in [6.07, 6.45) is 8.42. The van der Waals surface area contributed by atoms with Gasteiger partial charge in [-0.15, -0.1) is 19.7 Å². The van der Waals surface area contributed by atoms with Crippen molar-refractivity contribution in [3.05, 3.63) is 144 Å². The quantitative estimate of drug-likeness (QED) is 0.101. The van der Waals surface area contributed by atoms with E-state index in [1.54, 1.807) is 0 Å². The van der Waals surface area contributed by atoms with Crippen LogP contribution in [0.15, 0.2) is 94.1 Å². The highest BCUT2D eigenvalue weighted by atomic mass is 16.5. The minimum Gasteiger partial charge on any atom is -0.478 e. The number of carboxylic acid groups (broad SMARTS) is 3. The van der Waals surface area contributed by atoms with Crippen LogP contribution in [0.1, 0.15) is 78.8 Å². The van der Waals surface area contributed by atoms with Crippen LogP contribution in [-0.4, -0.2) is 71.0 Å². The molecule has 3 N–H and O–H groups in total. The minimum atomic E-state index is -1.50. The van der Waals surface area contributed by atoms with E-state index < -0.39 is 46.9 Å². The highest BCUT2D eigenvalue weighted by molar-refractivity contribution is 6.08. The van der Waals surface area contributed by atoms with E-state index >= 15 is 0 Å². The summed E-state index contributed by atoms with van der Waals surface area (Å²) < 4.78 is 14.8. The molecule has 0 spiro atoms. The maximum Gasteiger partial charge on any atom is 0.339 e. The first-order chi connectivity index (χ1) is 22.9. The molecule has 0 aliphatic carbocycles. The average Bonchev–Trinajstić information content (AvgIpc) is 3.05. The summed E-state index contributed by atoms with van der Waals surface area (Å²) in [6, 6.07) is 3.89. The molecule has 0 heterocycles. The second-order valence-corrected chi connectivity index (χ2v) is 9.38. The van der Waals surface area contributed by atoms with Crippen LogP contribution in [0.3, 0.4) is 0 Å². The van der Waals surface area contributed by atoms with E-state index in [-0.39, 0.29) is 78.0 Å². The molecule has 0 aromatic heterocycles. The van der Waals surface area contributed by atoms with E-state index in [1.165, 1.54) is 54.7 Å². The molecule has 0 saturated carbocycles. The van der Waals surface area contributed by atoms with Crippen molar-refractivity contribution < 1.29 is 58.3 Å². The van der Waals surface area contributed by atoms with Crippen molar-refractivity contribution >= 4 is 35.8 Å². The molecule has 0 amide bonds. The largest absolute Gasteiger partial charge is 0.478 e. The summed E-state index contributed by atoms with van der Waals surface area (Å²) >= 11 is 0. The number of hydrogen-bond donors (Lipinski definition) is 3. The molecule has 0 radical (unpaired) electrons. The Hall–Kier alpha value is -6.30. The van der Waals surface area contributed by atoms with Crippen LogP contribution < -0.4 is 0 Å². The maximum absolute atomic E-state index is 12.1. The van der Waals surface area contributed by atoms with E-state index in [9.17, 15) is 44.1 Å². The number of ether oxygens (including phenoxy) is 3. The smallest absolute Gasteiger partial charge is 0.339 e. The van der Waals surface area contributed by atoms with Gasteiger partial charge in [0.15, 0.2) is 0 Å². The molecule has 252 valence electrons. The monoisotopic (exact) mass is 660 g/mol. The number of hydrogen-bond acceptors (Lipinski definition) is 9. The van der Waals surface area contributed by atoms with Crippen molar-refractivity contribution in [3.63, 3.8) is 0 Å². The first kappa shape index (κ1) is 39.7. The van der Waals surface area contributed by atoms with Gasteiger partial charge in [0.2, 0.25) is 0 Å². The fourth-order valence-electron chi connectivity index (χ4n) is 4.39. The van der Waals surface area contributed by atoms with Crippen molar-refractivity contribution in [2.45, 2.75) is 19.3 Å². The Kier molecular flexibility index (Phi) is 16.5. The molecule has 2 rings (SSSR count). The number of esters is 3. The van der Waals surface area contributed by atoms with Gasteiger partial charge in [0.25, 0.3) is 0 Å². The van der Waals surface area contributed by atoms with Gasteiger partial charge >= 0.3 is 35.8 Å². The number of allylic oxidation sites excluding steroid dienone is 3. The van der Waals surface area contributed by atoms with Gasteiger partial charge < -0.3 is 29.5 Å². The highest BCUT2D eigenvalue weighted by Gasteiger charge is 2.31. The third-order valence-electron chi connectivity index (χ3n) is 6.20. The molecule has 48 heavy (non-hydrogen) atoms. The van der Waals surface area contributed by atoms with Gasteiger partial charge in [0.1, 0.15) is 19.8 Å². The number of carboxylic acids is 3. The number of benzene rings is 2. The van der Waals surface area contributed by atoms with Crippen molar-refractivity contribution in [2.24, 2.45) is 0 Å². The molecule has 0 fully saturated rings. The van der Waals surface area contributed by atoms with Crippen LogP contribution in [0.4, 0.5) is 0 Å². The molecule has 12 nitrogen and oxygen atoms in total. The molecular weight excluding hydrogens is 624 g/mol. The molecule has 0 bridgehead atoms. The van der Waals surface area contributed by atoms with Crippen molar-refractivity contribution in [2.75, 3.05) is 19.8 Å². The van der Waals surface area contributed by atoms with Crippen LogP contribution >= 0.6 is 0 Å². The lowest BCUT2D eigenvalue weighted by Crippen LogP contribution is -2.21. The predicted octanol–water partition coefficient (Wildman–Crippen LogP) is 5.68. The standard InChI is InChI=1S/2C18H18O6/c1-4-9-22-16(19)13-7-8-14(17(20)23-10-5-2)15(12-13)18(21)24-11-6-3;1-4-7-10-11(8-5-2)14(17(21)22)15(18(23)24)12(9-6-3)13(10)16(19)20/h4-8,12H,1-3,9-11H2;4-6H,1-3,7-9H2,(H,19,20)(H,21,22)(H,23,24). The molecule has 0 unspecified atom stereocenters. The third kappa shape index (κ3) is 10.4. The summed E-state index contributed by atoms with van der Waals surface area (Å²) in [5.74, 6) is -6.42. The third-order valence-corrected chi connectivity index (χ3v) is 6.20. The first-order valence-corrected chi connectivity index (χ1v) is 14.1. The Morgan fingerprint density at radius 1 is 0.500 bits per heavy atom. The molecule has 12 heteroatoms.